The Balaban J connectivity index is 1.10. The van der Waals surface area contributed by atoms with Crippen molar-refractivity contribution in [2.24, 2.45) is 0 Å². The molecule has 5 nitrogen and oxygen atoms in total. The van der Waals surface area contributed by atoms with Gasteiger partial charge in [-0.2, -0.15) is 0 Å². The van der Waals surface area contributed by atoms with Crippen molar-refractivity contribution in [2.45, 2.75) is 0 Å². The fourth-order valence-electron chi connectivity index (χ4n) is 9.74. The van der Waals surface area contributed by atoms with E-state index in [0.29, 0.717) is 11.5 Å². The number of aromatic nitrogens is 4. The first-order valence-corrected chi connectivity index (χ1v) is 19.7. The highest BCUT2D eigenvalue weighted by Gasteiger charge is 2.27. The van der Waals surface area contributed by atoms with Crippen LogP contribution in [0.5, 0.6) is 0 Å². The van der Waals surface area contributed by atoms with E-state index >= 15 is 0 Å². The standard InChI is InChI=1S/C50H26N4OS/c1-2-11-30-27(9-1)10-7-14-31(30)28-19-21-29(22-20-28)46-49-47(34-13-4-6-17-39(34)55-49)52-50(51-46)54-37-25-26-41-45-42-36(16-8-18-40(42)56-41)53-35-15-5-3-12-32(35)33-23-24-38(54)44(43(37)45)48(33)53/h1-26H. The lowest BCUT2D eigenvalue weighted by Crippen LogP contribution is -2.03. The summed E-state index contributed by atoms with van der Waals surface area (Å²) in [6.45, 7) is 0. The lowest BCUT2D eigenvalue weighted by Gasteiger charge is -2.11. The number of thiophene rings is 1. The molecule has 6 heteroatoms. The largest absolute Gasteiger partial charge is 0.452 e. The molecule has 8 aromatic carbocycles. The third-order valence-electron chi connectivity index (χ3n) is 12.1. The lowest BCUT2D eigenvalue weighted by molar-refractivity contribution is 0.666. The van der Waals surface area contributed by atoms with E-state index in [1.165, 1.54) is 74.6 Å². The quantitative estimate of drug-likeness (QED) is 0.182. The van der Waals surface area contributed by atoms with Gasteiger partial charge in [0.15, 0.2) is 5.58 Å². The summed E-state index contributed by atoms with van der Waals surface area (Å²) in [6, 6.07) is 56.7. The summed E-state index contributed by atoms with van der Waals surface area (Å²) in [5, 5.41) is 11.0. The average Bonchev–Trinajstić information content (AvgIpc) is 3.98. The van der Waals surface area contributed by atoms with E-state index in [0.717, 1.165) is 44.3 Å². The fraction of sp³-hybridized carbons (Fsp3) is 0. The number of furan rings is 1. The van der Waals surface area contributed by atoms with Crippen LogP contribution < -0.4 is 0 Å². The number of nitrogens with zero attached hydrogens (tertiary/aromatic N) is 4. The molecule has 0 amide bonds. The highest BCUT2D eigenvalue weighted by atomic mass is 32.1. The number of benzene rings is 8. The zero-order valence-corrected chi connectivity index (χ0v) is 30.4. The molecule has 0 fully saturated rings. The number of fused-ring (bicyclic) bond motifs is 8. The smallest absolute Gasteiger partial charge is 0.236 e. The number of rotatable bonds is 3. The van der Waals surface area contributed by atoms with E-state index in [2.05, 4.69) is 155 Å². The summed E-state index contributed by atoms with van der Waals surface area (Å²) < 4.78 is 14.0. The first-order valence-electron chi connectivity index (χ1n) is 18.9. The van der Waals surface area contributed by atoms with Crippen LogP contribution in [0, 0.1) is 0 Å². The summed E-state index contributed by atoms with van der Waals surface area (Å²) in [5.41, 5.74) is 12.3. The second-order valence-corrected chi connectivity index (χ2v) is 16.0. The maximum absolute atomic E-state index is 6.61. The van der Waals surface area contributed by atoms with Crippen LogP contribution in [0.4, 0.5) is 0 Å². The van der Waals surface area contributed by atoms with E-state index in [4.69, 9.17) is 14.4 Å². The van der Waals surface area contributed by atoms with Crippen molar-refractivity contribution in [1.82, 2.24) is 18.9 Å². The van der Waals surface area contributed by atoms with Crippen LogP contribution >= 0.6 is 11.3 Å². The molecule has 0 spiro atoms. The number of hydrogen-bond acceptors (Lipinski definition) is 4. The lowest BCUT2D eigenvalue weighted by atomic mass is 9.97. The Hall–Kier alpha value is -7.28. The Morgan fingerprint density at radius 1 is 0.464 bits per heavy atom. The highest BCUT2D eigenvalue weighted by molar-refractivity contribution is 7.26. The van der Waals surface area contributed by atoms with Gasteiger partial charge in [0, 0.05) is 52.7 Å². The van der Waals surface area contributed by atoms with E-state index in [1.807, 2.05) is 23.5 Å². The molecular formula is C50H26N4OS. The molecule has 0 saturated heterocycles. The van der Waals surface area contributed by atoms with Gasteiger partial charge in [-0.1, -0.05) is 109 Å². The van der Waals surface area contributed by atoms with Crippen molar-refractivity contribution >= 4 is 113 Å². The zero-order valence-electron chi connectivity index (χ0n) is 29.6. The monoisotopic (exact) mass is 730 g/mol. The van der Waals surface area contributed by atoms with Crippen LogP contribution in [-0.2, 0) is 0 Å². The minimum atomic E-state index is 0.624. The maximum Gasteiger partial charge on any atom is 0.236 e. The van der Waals surface area contributed by atoms with Gasteiger partial charge in [-0.15, -0.1) is 11.3 Å². The van der Waals surface area contributed by atoms with Crippen molar-refractivity contribution in [1.29, 1.82) is 0 Å². The second-order valence-electron chi connectivity index (χ2n) is 14.9. The van der Waals surface area contributed by atoms with Gasteiger partial charge in [0.1, 0.15) is 16.8 Å². The Kier molecular flexibility index (Phi) is 5.34. The van der Waals surface area contributed by atoms with E-state index in [1.54, 1.807) is 0 Å². The Morgan fingerprint density at radius 2 is 1.18 bits per heavy atom. The van der Waals surface area contributed by atoms with Crippen LogP contribution in [0.25, 0.3) is 130 Å². The highest BCUT2D eigenvalue weighted by Crippen LogP contribution is 2.50. The van der Waals surface area contributed by atoms with Crippen LogP contribution in [0.15, 0.2) is 162 Å². The topological polar surface area (TPSA) is 48.3 Å². The molecule has 0 aliphatic carbocycles. The van der Waals surface area contributed by atoms with Crippen molar-refractivity contribution < 1.29 is 4.42 Å². The molecule has 14 aromatic rings. The summed E-state index contributed by atoms with van der Waals surface area (Å²) in [4.78, 5) is 10.9. The Bertz CT molecular complexity index is 3930. The maximum atomic E-state index is 6.61. The van der Waals surface area contributed by atoms with Gasteiger partial charge in [0.25, 0.3) is 0 Å². The van der Waals surface area contributed by atoms with Crippen LogP contribution in [0.1, 0.15) is 0 Å². The van der Waals surface area contributed by atoms with Gasteiger partial charge in [-0.05, 0) is 70.4 Å². The molecule has 0 bridgehead atoms. The SMILES string of the molecule is c1ccc2c(-c3ccc(-c4nc(-n5c6ccc7sc8cccc9c8c7c6c6c5ccc5c7ccccc7n9c56)nc5c4oc4ccccc45)cc3)cccc2c1. The predicted octanol–water partition coefficient (Wildman–Crippen LogP) is 13.8. The minimum Gasteiger partial charge on any atom is -0.452 e. The molecule has 6 aromatic heterocycles. The average molecular weight is 731 g/mol. The molecule has 56 heavy (non-hydrogen) atoms. The first-order chi connectivity index (χ1) is 27.8. The van der Waals surface area contributed by atoms with Gasteiger partial charge < -0.3 is 8.82 Å². The van der Waals surface area contributed by atoms with Crippen LogP contribution in [0.2, 0.25) is 0 Å². The Morgan fingerprint density at radius 3 is 2.11 bits per heavy atom. The van der Waals surface area contributed by atoms with Crippen molar-refractivity contribution in [2.75, 3.05) is 0 Å². The molecular weight excluding hydrogens is 705 g/mol. The molecule has 0 N–H and O–H groups in total. The van der Waals surface area contributed by atoms with Gasteiger partial charge >= 0.3 is 0 Å². The van der Waals surface area contributed by atoms with E-state index < -0.39 is 0 Å². The Labute approximate surface area is 321 Å². The summed E-state index contributed by atoms with van der Waals surface area (Å²) >= 11 is 1.87. The fourth-order valence-corrected chi connectivity index (χ4v) is 10.9. The number of para-hydroxylation sites is 2. The van der Waals surface area contributed by atoms with Crippen LogP contribution in [0.3, 0.4) is 0 Å². The number of hydrogen-bond donors (Lipinski definition) is 0. The summed E-state index contributed by atoms with van der Waals surface area (Å²) in [7, 11) is 0. The second kappa shape index (κ2) is 10.3. The third-order valence-corrected chi connectivity index (χ3v) is 13.2. The normalized spacial score (nSPS) is 12.6. The molecule has 0 unspecified atom stereocenters. The molecule has 258 valence electrons. The van der Waals surface area contributed by atoms with E-state index in [9.17, 15) is 0 Å². The van der Waals surface area contributed by atoms with Crippen molar-refractivity contribution in [3.8, 4) is 28.3 Å². The van der Waals surface area contributed by atoms with E-state index in [-0.39, 0.29) is 0 Å². The first kappa shape index (κ1) is 29.1. The van der Waals surface area contributed by atoms with Gasteiger partial charge in [0.2, 0.25) is 5.95 Å². The van der Waals surface area contributed by atoms with Crippen LogP contribution in [-0.4, -0.2) is 18.9 Å². The molecule has 0 atom stereocenters. The summed E-state index contributed by atoms with van der Waals surface area (Å²) in [6.07, 6.45) is 0. The summed E-state index contributed by atoms with van der Waals surface area (Å²) in [5.74, 6) is 0.624. The molecule has 6 heterocycles. The minimum absolute atomic E-state index is 0.624. The molecule has 0 aliphatic rings. The van der Waals surface area contributed by atoms with Crippen molar-refractivity contribution in [3.05, 3.63) is 158 Å². The predicted molar refractivity (Wildman–Crippen MR) is 233 cm³/mol. The molecule has 0 radical (unpaired) electrons. The van der Waals surface area contributed by atoms with Gasteiger partial charge in [0.05, 0.1) is 27.6 Å². The molecule has 0 saturated carbocycles. The van der Waals surface area contributed by atoms with Crippen molar-refractivity contribution in [3.63, 3.8) is 0 Å². The molecule has 14 rings (SSSR count). The van der Waals surface area contributed by atoms with Gasteiger partial charge in [-0.25, -0.2) is 9.97 Å². The van der Waals surface area contributed by atoms with Gasteiger partial charge in [-0.3, -0.25) is 4.57 Å². The molecule has 0 aliphatic heterocycles. The third kappa shape index (κ3) is 3.56. The zero-order chi connectivity index (χ0) is 36.2.